The summed E-state index contributed by atoms with van der Waals surface area (Å²) in [6.07, 6.45) is 4.05. The number of aliphatic hydroxyl groups is 1. The number of hydrogen-bond donors (Lipinski definition) is 14. The number of aliphatic hydroxyl groups excluding tert-OH is 1. The van der Waals surface area contributed by atoms with Gasteiger partial charge in [-0.3, -0.25) is 38.6 Å². The SMILES string of the molecule is CC(C)C[C@H](NC(=O)CNC(=O)[C@H](Cc1ccc(O)cc1)NC(=O)[C@H](CO)NC(=O)[C@H](Cc1c[nH]c2ccccc12)NC(=O)[C@H](Cc1cnc[nH]1)NC(=O)OCc1ccccc1)C(=O)N[C@@H](CCCN=C(N)N)C(=O)N1CCC[C@H]1C(=O)O.Cl. The van der Waals surface area contributed by atoms with Gasteiger partial charge < -0.3 is 83.6 Å². The number of ether oxygens (including phenoxy) is 1. The van der Waals surface area contributed by atoms with Crippen LogP contribution in [0.1, 0.15) is 68.3 Å². The molecular formula is C56H73ClN14O13. The Balaban J connectivity index is 0.0000129. The fourth-order valence-electron chi connectivity index (χ4n) is 9.31. The highest BCUT2D eigenvalue weighted by Gasteiger charge is 2.39. The number of carboxylic acid groups (broad SMARTS) is 1. The van der Waals surface area contributed by atoms with Gasteiger partial charge in [-0.2, -0.15) is 0 Å². The van der Waals surface area contributed by atoms with Crippen molar-refractivity contribution < 1.29 is 63.2 Å². The molecule has 0 radical (unpaired) electrons. The number of nitrogens with one attached hydrogen (secondary N) is 9. The molecule has 1 fully saturated rings. The van der Waals surface area contributed by atoms with Gasteiger partial charge in [0, 0.05) is 61.3 Å². The van der Waals surface area contributed by atoms with Gasteiger partial charge in [-0.1, -0.05) is 74.5 Å². The molecule has 6 rings (SSSR count). The zero-order chi connectivity index (χ0) is 60.0. The lowest BCUT2D eigenvalue weighted by Gasteiger charge is -2.29. The number of phenols is 1. The quantitative estimate of drug-likeness (QED) is 0.0164. The van der Waals surface area contributed by atoms with E-state index in [0.29, 0.717) is 34.2 Å². The number of likely N-dealkylation sites (tertiary alicyclic amines) is 1. The van der Waals surface area contributed by atoms with Crippen LogP contribution in [0.5, 0.6) is 5.75 Å². The number of phenolic OH excluding ortho intramolecular Hbond substituents is 1. The van der Waals surface area contributed by atoms with Crippen LogP contribution in [0.15, 0.2) is 103 Å². The van der Waals surface area contributed by atoms with Crippen molar-refractivity contribution in [3.8, 4) is 5.75 Å². The van der Waals surface area contributed by atoms with E-state index in [1.807, 2.05) is 6.07 Å². The Hall–Kier alpha value is -9.24. The smallest absolute Gasteiger partial charge is 0.408 e. The fourth-order valence-corrected chi connectivity index (χ4v) is 9.31. The first-order chi connectivity index (χ1) is 39.8. The minimum absolute atomic E-state index is 0. The number of aromatic nitrogens is 3. The number of hydrogen-bond acceptors (Lipinski definition) is 14. The van der Waals surface area contributed by atoms with Crippen molar-refractivity contribution in [1.82, 2.24) is 57.1 Å². The summed E-state index contributed by atoms with van der Waals surface area (Å²) >= 11 is 0. The van der Waals surface area contributed by atoms with Gasteiger partial charge in [0.25, 0.3) is 0 Å². The van der Waals surface area contributed by atoms with Crippen LogP contribution in [0.25, 0.3) is 10.9 Å². The molecule has 452 valence electrons. The van der Waals surface area contributed by atoms with Crippen LogP contribution in [0, 0.1) is 5.92 Å². The molecule has 16 N–H and O–H groups in total. The lowest BCUT2D eigenvalue weighted by molar-refractivity contribution is -0.149. The van der Waals surface area contributed by atoms with Crippen LogP contribution in [0.2, 0.25) is 0 Å². The summed E-state index contributed by atoms with van der Waals surface area (Å²) in [5.74, 6) is -7.61. The number of guanidine groups is 1. The summed E-state index contributed by atoms with van der Waals surface area (Å²) in [7, 11) is 0. The van der Waals surface area contributed by atoms with Gasteiger partial charge in [0.2, 0.25) is 41.4 Å². The second-order valence-corrected chi connectivity index (χ2v) is 20.3. The van der Waals surface area contributed by atoms with Crippen LogP contribution >= 0.6 is 12.4 Å². The number of nitrogens with two attached hydrogens (primary N) is 2. The average molecular weight is 1190 g/mol. The van der Waals surface area contributed by atoms with Gasteiger partial charge in [0.05, 0.1) is 19.5 Å². The van der Waals surface area contributed by atoms with Crippen LogP contribution < -0.4 is 48.7 Å². The second kappa shape index (κ2) is 32.4. The molecule has 2 aromatic heterocycles. The molecule has 0 unspecified atom stereocenters. The molecule has 3 heterocycles. The van der Waals surface area contributed by atoms with E-state index in [-0.39, 0.29) is 94.7 Å². The third-order valence-electron chi connectivity index (χ3n) is 13.5. The number of aromatic hydroxyl groups is 1. The number of carbonyl (C=O) groups excluding carboxylic acids is 8. The molecule has 3 aromatic carbocycles. The fraction of sp³-hybridized carbons (Fsp3) is 0.411. The molecule has 84 heavy (non-hydrogen) atoms. The number of rotatable bonds is 30. The van der Waals surface area contributed by atoms with Gasteiger partial charge in [-0.05, 0) is 72.9 Å². The maximum atomic E-state index is 14.4. The van der Waals surface area contributed by atoms with Crippen molar-refractivity contribution in [3.05, 3.63) is 120 Å². The van der Waals surface area contributed by atoms with Crippen LogP contribution in [0.3, 0.4) is 0 Å². The summed E-state index contributed by atoms with van der Waals surface area (Å²) in [6.45, 7) is 2.01. The normalized spacial score (nSPS) is 14.9. The number of aromatic amines is 2. The molecule has 0 bridgehead atoms. The van der Waals surface area contributed by atoms with Gasteiger partial charge in [-0.15, -0.1) is 12.4 Å². The maximum Gasteiger partial charge on any atom is 0.408 e. The highest BCUT2D eigenvalue weighted by Crippen LogP contribution is 2.22. The Kier molecular flexibility index (Phi) is 25.3. The Bertz CT molecular complexity index is 3050. The van der Waals surface area contributed by atoms with Crippen LogP contribution in [0.4, 0.5) is 4.79 Å². The lowest BCUT2D eigenvalue weighted by Crippen LogP contribution is -2.60. The number of nitrogens with zero attached hydrogens (tertiary/aromatic N) is 3. The number of aliphatic carboxylic acids is 1. The number of H-pyrrole nitrogens is 2. The zero-order valence-electron chi connectivity index (χ0n) is 46.4. The number of fused-ring (bicyclic) bond motifs is 1. The van der Waals surface area contributed by atoms with Crippen molar-refractivity contribution >= 4 is 82.7 Å². The molecule has 1 aliphatic rings. The number of imidazole rings is 1. The van der Waals surface area contributed by atoms with E-state index in [9.17, 15) is 58.5 Å². The number of aliphatic imine (C=N–C) groups is 1. The molecule has 8 amide bonds. The number of para-hydroxylation sites is 1. The number of carbonyl (C=O) groups is 9. The predicted octanol–water partition coefficient (Wildman–Crippen LogP) is 0.0491. The predicted molar refractivity (Wildman–Crippen MR) is 308 cm³/mol. The number of amides is 8. The summed E-state index contributed by atoms with van der Waals surface area (Å²) in [5, 5.41) is 49.2. The summed E-state index contributed by atoms with van der Waals surface area (Å²) in [5.41, 5.74) is 13.8. The molecule has 0 spiro atoms. The van der Waals surface area contributed by atoms with Crippen molar-refractivity contribution in [2.75, 3.05) is 26.2 Å². The standard InChI is InChI=1S/C56H72N14O13.ClH/c1-32(2)22-41(49(75)65-40(14-8-20-60-55(57)58)53(79)70-21-9-15-46(70)54(80)81)64-47(73)28-62-48(74)42(23-33-16-18-37(72)19-17-33)66-52(78)45(29-71)68-50(76)43(24-35-26-61-39-13-7-6-12-38(35)39)67-51(77)44(25-36-27-59-31-63-36)69-56(82)83-30-34-10-4-3-5-11-34;/h3-7,10-13,16-19,26-27,31-32,40-46,61,71-72H,8-9,14-15,20-25,28-30H2,1-2H3,(H,59,63)(H,62,74)(H,64,73)(H,65,75)(H,66,78)(H,67,77)(H,68,76)(H,69,82)(H,80,81)(H4,57,58,60);1H/t40-,41-,42-,43-,44-,45-,46-;/m0./s1. The molecular weight excluding hydrogens is 1110 g/mol. The first-order valence-corrected chi connectivity index (χ1v) is 27.0. The van der Waals surface area contributed by atoms with Gasteiger partial charge in [0.15, 0.2) is 5.96 Å². The number of benzene rings is 3. The van der Waals surface area contributed by atoms with E-state index < -0.39 is 109 Å². The minimum Gasteiger partial charge on any atom is -0.508 e. The Morgan fingerprint density at radius 2 is 1.37 bits per heavy atom. The first kappa shape index (κ1) is 65.6. The molecule has 1 saturated heterocycles. The van der Waals surface area contributed by atoms with Crippen molar-refractivity contribution in [2.45, 2.75) is 114 Å². The Morgan fingerprint density at radius 3 is 2.02 bits per heavy atom. The zero-order valence-corrected chi connectivity index (χ0v) is 47.2. The van der Waals surface area contributed by atoms with Crippen molar-refractivity contribution in [2.24, 2.45) is 22.4 Å². The minimum atomic E-state index is -1.74. The van der Waals surface area contributed by atoms with E-state index in [0.717, 1.165) is 5.52 Å². The molecule has 0 saturated carbocycles. The molecule has 0 aliphatic carbocycles. The van der Waals surface area contributed by atoms with E-state index in [2.05, 4.69) is 57.2 Å². The second-order valence-electron chi connectivity index (χ2n) is 20.3. The molecule has 28 heteroatoms. The largest absolute Gasteiger partial charge is 0.508 e. The van der Waals surface area contributed by atoms with Gasteiger partial charge >= 0.3 is 12.1 Å². The van der Waals surface area contributed by atoms with E-state index in [1.165, 1.54) is 41.7 Å². The highest BCUT2D eigenvalue weighted by molar-refractivity contribution is 5.98. The summed E-state index contributed by atoms with van der Waals surface area (Å²) in [4.78, 5) is 139. The van der Waals surface area contributed by atoms with Crippen LogP contribution in [-0.2, 0) is 69.0 Å². The highest BCUT2D eigenvalue weighted by atomic mass is 35.5. The molecule has 1 aliphatic heterocycles. The van der Waals surface area contributed by atoms with Crippen molar-refractivity contribution in [3.63, 3.8) is 0 Å². The number of halogens is 1. The van der Waals surface area contributed by atoms with E-state index >= 15 is 0 Å². The van der Waals surface area contributed by atoms with Crippen LogP contribution in [-0.4, -0.2) is 163 Å². The molecule has 27 nitrogen and oxygen atoms in total. The average Bonchev–Trinajstić information content (AvgIpc) is 4.44. The number of alkyl carbamates (subject to hydrolysis) is 1. The van der Waals surface area contributed by atoms with Crippen molar-refractivity contribution in [1.29, 1.82) is 0 Å². The monoisotopic (exact) mass is 1180 g/mol. The Morgan fingerprint density at radius 1 is 0.738 bits per heavy atom. The van der Waals surface area contributed by atoms with Gasteiger partial charge in [0.1, 0.15) is 54.6 Å². The number of carboxylic acids is 1. The summed E-state index contributed by atoms with van der Waals surface area (Å²) in [6, 6.07) is 12.1. The van der Waals surface area contributed by atoms with E-state index in [4.69, 9.17) is 16.2 Å². The molecule has 5 aromatic rings. The van der Waals surface area contributed by atoms with Gasteiger partial charge in [-0.25, -0.2) is 14.6 Å². The third-order valence-corrected chi connectivity index (χ3v) is 13.5. The first-order valence-electron chi connectivity index (χ1n) is 27.0. The maximum absolute atomic E-state index is 14.4. The topological polar surface area (TPSA) is 420 Å². The molecule has 7 atom stereocenters. The van der Waals surface area contributed by atoms with E-state index in [1.54, 1.807) is 68.6 Å². The third kappa shape index (κ3) is 20.0. The summed E-state index contributed by atoms with van der Waals surface area (Å²) < 4.78 is 5.40. The Labute approximate surface area is 489 Å². The lowest BCUT2D eigenvalue weighted by atomic mass is 10.0.